The van der Waals surface area contributed by atoms with Crippen LogP contribution in [0.3, 0.4) is 0 Å². The smallest absolute Gasteiger partial charge is 0.126 e. The molecule has 1 aromatic rings. The molecule has 2 unspecified atom stereocenters. The van der Waals surface area contributed by atoms with Crippen LogP contribution in [-0.2, 0) is 6.42 Å². The molecule has 0 radical (unpaired) electrons. The Morgan fingerprint density at radius 2 is 1.82 bits per heavy atom. The number of nitrogens with one attached hydrogen (secondary N) is 1. The van der Waals surface area contributed by atoms with Crippen molar-refractivity contribution in [1.29, 1.82) is 0 Å². The molecule has 0 aromatic heterocycles. The van der Waals surface area contributed by atoms with E-state index in [1.165, 1.54) is 25.7 Å². The molecule has 17 heavy (non-hydrogen) atoms. The highest BCUT2D eigenvalue weighted by molar-refractivity contribution is 5.18. The van der Waals surface area contributed by atoms with Gasteiger partial charge < -0.3 is 5.32 Å². The number of hydrogen-bond donors (Lipinski definition) is 1. The zero-order valence-corrected chi connectivity index (χ0v) is 10.2. The molecule has 2 aliphatic rings. The Morgan fingerprint density at radius 3 is 2.47 bits per heavy atom. The van der Waals surface area contributed by atoms with Gasteiger partial charge in [-0.1, -0.05) is 18.2 Å². The summed E-state index contributed by atoms with van der Waals surface area (Å²) in [7, 11) is 0. The van der Waals surface area contributed by atoms with Crippen molar-refractivity contribution in [2.24, 2.45) is 11.8 Å². The molecule has 2 aliphatic carbocycles. The summed E-state index contributed by atoms with van der Waals surface area (Å²) in [5.74, 6) is 1.43. The summed E-state index contributed by atoms with van der Waals surface area (Å²) < 4.78 is 13.5. The predicted octanol–water partition coefficient (Wildman–Crippen LogP) is 3.15. The summed E-state index contributed by atoms with van der Waals surface area (Å²) in [6, 6.07) is 8.01. The lowest BCUT2D eigenvalue weighted by molar-refractivity contribution is 0.169. The van der Waals surface area contributed by atoms with E-state index in [1.807, 2.05) is 12.1 Å². The lowest BCUT2D eigenvalue weighted by Crippen LogP contribution is -2.37. The maximum Gasteiger partial charge on any atom is 0.126 e. The van der Waals surface area contributed by atoms with Crippen LogP contribution in [0.2, 0.25) is 0 Å². The Balaban J connectivity index is 1.52. The number of rotatable bonds is 5. The highest BCUT2D eigenvalue weighted by Gasteiger charge is 2.32. The van der Waals surface area contributed by atoms with Crippen LogP contribution in [-0.4, -0.2) is 12.6 Å². The van der Waals surface area contributed by atoms with E-state index < -0.39 is 0 Å². The zero-order chi connectivity index (χ0) is 11.7. The first-order valence-electron chi connectivity index (χ1n) is 6.79. The van der Waals surface area contributed by atoms with Crippen molar-refractivity contribution in [3.05, 3.63) is 35.6 Å². The SMILES string of the molecule is Fc1ccccc1CC1CCC1CNC1CC1. The minimum atomic E-state index is -0.0340. The number of halogens is 1. The van der Waals surface area contributed by atoms with Crippen molar-refractivity contribution >= 4 is 0 Å². The molecule has 0 bridgehead atoms. The van der Waals surface area contributed by atoms with Crippen molar-refractivity contribution < 1.29 is 4.39 Å². The first-order chi connectivity index (χ1) is 8.33. The molecular weight excluding hydrogens is 213 g/mol. The summed E-state index contributed by atoms with van der Waals surface area (Å²) in [4.78, 5) is 0. The Bertz CT molecular complexity index is 386. The van der Waals surface area contributed by atoms with Crippen molar-refractivity contribution in [2.45, 2.75) is 38.1 Å². The van der Waals surface area contributed by atoms with Crippen molar-refractivity contribution in [3.63, 3.8) is 0 Å². The average molecular weight is 233 g/mol. The summed E-state index contributed by atoms with van der Waals surface area (Å²) in [6.45, 7) is 1.14. The van der Waals surface area contributed by atoms with Gasteiger partial charge in [-0.3, -0.25) is 0 Å². The van der Waals surface area contributed by atoms with Gasteiger partial charge in [0.25, 0.3) is 0 Å². The first kappa shape index (κ1) is 11.2. The van der Waals surface area contributed by atoms with E-state index in [0.717, 1.165) is 30.5 Å². The van der Waals surface area contributed by atoms with E-state index in [1.54, 1.807) is 12.1 Å². The molecule has 2 saturated carbocycles. The van der Waals surface area contributed by atoms with Crippen molar-refractivity contribution in [3.8, 4) is 0 Å². The van der Waals surface area contributed by atoms with E-state index in [0.29, 0.717) is 5.92 Å². The summed E-state index contributed by atoms with van der Waals surface area (Å²) in [6.07, 6.45) is 6.21. The van der Waals surface area contributed by atoms with Gasteiger partial charge in [0.2, 0.25) is 0 Å². The molecule has 1 aromatic carbocycles. The van der Waals surface area contributed by atoms with E-state index >= 15 is 0 Å². The molecular formula is C15H20FN. The van der Waals surface area contributed by atoms with E-state index in [4.69, 9.17) is 0 Å². The second-order valence-electron chi connectivity index (χ2n) is 5.58. The topological polar surface area (TPSA) is 12.0 Å². The van der Waals surface area contributed by atoms with Gasteiger partial charge in [-0.15, -0.1) is 0 Å². The highest BCUT2D eigenvalue weighted by Crippen LogP contribution is 2.37. The molecule has 92 valence electrons. The Kier molecular flexibility index (Phi) is 3.15. The quantitative estimate of drug-likeness (QED) is 0.824. The molecule has 0 spiro atoms. The standard InChI is InChI=1S/C15H20FN/c16-15-4-2-1-3-12(15)9-11-5-6-13(11)10-17-14-7-8-14/h1-4,11,13-14,17H,5-10H2. The van der Waals surface area contributed by atoms with Crippen LogP contribution in [0.15, 0.2) is 24.3 Å². The molecule has 0 aliphatic heterocycles. The molecule has 0 saturated heterocycles. The largest absolute Gasteiger partial charge is 0.314 e. The van der Waals surface area contributed by atoms with Gasteiger partial charge in [0.1, 0.15) is 5.82 Å². The molecule has 2 fully saturated rings. The zero-order valence-electron chi connectivity index (χ0n) is 10.2. The van der Waals surface area contributed by atoms with Gasteiger partial charge in [0, 0.05) is 6.04 Å². The lowest BCUT2D eigenvalue weighted by atomic mass is 9.70. The van der Waals surface area contributed by atoms with Gasteiger partial charge in [0.15, 0.2) is 0 Å². The van der Waals surface area contributed by atoms with Crippen LogP contribution in [0.5, 0.6) is 0 Å². The normalized spacial score (nSPS) is 27.8. The van der Waals surface area contributed by atoms with E-state index in [9.17, 15) is 4.39 Å². The third kappa shape index (κ3) is 2.68. The van der Waals surface area contributed by atoms with Gasteiger partial charge in [-0.05, 0) is 62.1 Å². The average Bonchev–Trinajstić information content (AvgIpc) is 3.11. The first-order valence-corrected chi connectivity index (χ1v) is 6.79. The second-order valence-corrected chi connectivity index (χ2v) is 5.58. The monoisotopic (exact) mass is 233 g/mol. The third-order valence-electron chi connectivity index (χ3n) is 4.26. The van der Waals surface area contributed by atoms with Gasteiger partial charge >= 0.3 is 0 Å². The summed E-state index contributed by atoms with van der Waals surface area (Å²) >= 11 is 0. The molecule has 0 amide bonds. The number of benzene rings is 1. The second kappa shape index (κ2) is 4.77. The third-order valence-corrected chi connectivity index (χ3v) is 4.26. The fourth-order valence-electron chi connectivity index (χ4n) is 2.73. The van der Waals surface area contributed by atoms with Gasteiger partial charge in [0.05, 0.1) is 0 Å². The maximum absolute atomic E-state index is 13.5. The Morgan fingerprint density at radius 1 is 1.06 bits per heavy atom. The van der Waals surface area contributed by atoms with Crippen LogP contribution in [0, 0.1) is 17.7 Å². The Labute approximate surface area is 102 Å². The van der Waals surface area contributed by atoms with E-state index in [-0.39, 0.29) is 5.82 Å². The summed E-state index contributed by atoms with van der Waals surface area (Å²) in [5, 5.41) is 3.60. The molecule has 3 rings (SSSR count). The van der Waals surface area contributed by atoms with Crippen molar-refractivity contribution in [2.75, 3.05) is 6.54 Å². The van der Waals surface area contributed by atoms with Crippen LogP contribution in [0.25, 0.3) is 0 Å². The minimum absolute atomic E-state index is 0.0340. The lowest BCUT2D eigenvalue weighted by Gasteiger charge is -2.37. The van der Waals surface area contributed by atoms with Gasteiger partial charge in [-0.2, -0.15) is 0 Å². The Hall–Kier alpha value is -0.890. The molecule has 1 nitrogen and oxygen atoms in total. The van der Waals surface area contributed by atoms with Crippen LogP contribution < -0.4 is 5.32 Å². The molecule has 1 N–H and O–H groups in total. The minimum Gasteiger partial charge on any atom is -0.314 e. The van der Waals surface area contributed by atoms with Crippen LogP contribution in [0.4, 0.5) is 4.39 Å². The highest BCUT2D eigenvalue weighted by atomic mass is 19.1. The van der Waals surface area contributed by atoms with E-state index in [2.05, 4.69) is 5.32 Å². The van der Waals surface area contributed by atoms with Gasteiger partial charge in [-0.25, -0.2) is 4.39 Å². The molecule has 2 atom stereocenters. The van der Waals surface area contributed by atoms with Crippen LogP contribution >= 0.6 is 0 Å². The van der Waals surface area contributed by atoms with Crippen LogP contribution in [0.1, 0.15) is 31.2 Å². The number of hydrogen-bond acceptors (Lipinski definition) is 1. The molecule has 0 heterocycles. The fourth-order valence-corrected chi connectivity index (χ4v) is 2.73. The maximum atomic E-state index is 13.5. The predicted molar refractivity (Wildman–Crippen MR) is 67.3 cm³/mol. The van der Waals surface area contributed by atoms with Crippen molar-refractivity contribution in [1.82, 2.24) is 5.32 Å². The molecule has 2 heteroatoms. The fraction of sp³-hybridized carbons (Fsp3) is 0.600. The summed E-state index contributed by atoms with van der Waals surface area (Å²) in [5.41, 5.74) is 0.897.